The van der Waals surface area contributed by atoms with E-state index >= 15 is 0 Å². The van der Waals surface area contributed by atoms with Crippen LogP contribution < -0.4 is 16.6 Å². The summed E-state index contributed by atoms with van der Waals surface area (Å²) >= 11 is 6.24. The molecule has 1 unspecified atom stereocenters. The third kappa shape index (κ3) is 4.20. The van der Waals surface area contributed by atoms with Gasteiger partial charge in [-0.1, -0.05) is 11.6 Å². The molecule has 2 atom stereocenters. The molecule has 28 heavy (non-hydrogen) atoms. The number of fused-ring (bicyclic) bond motifs is 1. The number of carbonyl (C=O) groups excluding carboxylic acids is 1. The van der Waals surface area contributed by atoms with Crippen LogP contribution in [0.3, 0.4) is 0 Å². The van der Waals surface area contributed by atoms with Crippen molar-refractivity contribution in [3.8, 4) is 0 Å². The molecule has 152 valence electrons. The summed E-state index contributed by atoms with van der Waals surface area (Å²) in [6, 6.07) is 4.57. The number of hydrogen-bond donors (Lipinski definition) is 2. The van der Waals surface area contributed by atoms with Gasteiger partial charge in [0.05, 0.1) is 10.6 Å². The Bertz CT molecular complexity index is 945. The van der Waals surface area contributed by atoms with Gasteiger partial charge in [0.1, 0.15) is 0 Å². The molecule has 0 bridgehead atoms. The van der Waals surface area contributed by atoms with E-state index in [1.165, 1.54) is 10.6 Å². The molecule has 2 aromatic rings. The lowest BCUT2D eigenvalue weighted by Crippen LogP contribution is -2.35. The van der Waals surface area contributed by atoms with Gasteiger partial charge < -0.3 is 15.6 Å². The second-order valence-electron chi connectivity index (χ2n) is 7.52. The van der Waals surface area contributed by atoms with E-state index in [2.05, 4.69) is 5.32 Å². The Kier molecular flexibility index (Phi) is 6.05. The first-order chi connectivity index (χ1) is 13.2. The molecule has 8 heteroatoms. The van der Waals surface area contributed by atoms with Crippen LogP contribution in [-0.2, 0) is 0 Å². The largest absolute Gasteiger partial charge is 0.352 e. The number of nitrogens with two attached hydrogens (primary N) is 1. The second kappa shape index (κ2) is 8.17. The fourth-order valence-electron chi connectivity index (χ4n) is 3.78. The molecule has 1 fully saturated rings. The lowest BCUT2D eigenvalue weighted by molar-refractivity contribution is -0.0518. The molecule has 1 heterocycles. The molecule has 3 N–H and O–H groups in total. The van der Waals surface area contributed by atoms with Gasteiger partial charge in [-0.3, -0.25) is 9.59 Å². The molecule has 1 aromatic heterocycles. The van der Waals surface area contributed by atoms with Crippen molar-refractivity contribution >= 4 is 28.3 Å². The number of benzene rings is 1. The highest BCUT2D eigenvalue weighted by Crippen LogP contribution is 2.36. The standard InChI is InChI=1S/C20H24ClF2N3O2/c1-12(10-24)26-8-6-14-15(19(26)28)4-5-16(21)17(14)18(27)25-11-13-3-2-7-20(22,23)9-13/h4-6,8,12-13H,2-3,7,9-11,24H2,1H3,(H,25,27)/t12-,13?/m1/s1. The van der Waals surface area contributed by atoms with Gasteiger partial charge in [-0.15, -0.1) is 0 Å². The van der Waals surface area contributed by atoms with Crippen molar-refractivity contribution in [2.75, 3.05) is 13.1 Å². The van der Waals surface area contributed by atoms with Gasteiger partial charge in [0, 0.05) is 48.9 Å². The van der Waals surface area contributed by atoms with E-state index in [4.69, 9.17) is 17.3 Å². The topological polar surface area (TPSA) is 77.1 Å². The molecular formula is C20H24ClF2N3O2. The van der Waals surface area contributed by atoms with E-state index < -0.39 is 11.8 Å². The monoisotopic (exact) mass is 411 g/mol. The van der Waals surface area contributed by atoms with E-state index in [0.29, 0.717) is 30.2 Å². The summed E-state index contributed by atoms with van der Waals surface area (Å²) in [7, 11) is 0. The number of nitrogens with zero attached hydrogens (tertiary/aromatic N) is 1. The zero-order chi connectivity index (χ0) is 20.5. The van der Waals surface area contributed by atoms with Gasteiger partial charge in [0.15, 0.2) is 0 Å². The SMILES string of the molecule is C[C@H](CN)n1ccc2c(C(=O)NCC3CCCC(F)(F)C3)c(Cl)ccc2c1=O. The third-order valence-electron chi connectivity index (χ3n) is 5.40. The van der Waals surface area contributed by atoms with Crippen molar-refractivity contribution in [2.24, 2.45) is 11.7 Å². The van der Waals surface area contributed by atoms with Crippen molar-refractivity contribution in [3.05, 3.63) is 45.3 Å². The van der Waals surface area contributed by atoms with E-state index in [-0.39, 0.29) is 47.5 Å². The average Bonchev–Trinajstić information content (AvgIpc) is 2.65. The summed E-state index contributed by atoms with van der Waals surface area (Å²) in [6.45, 7) is 2.29. The number of amides is 1. The van der Waals surface area contributed by atoms with Crippen molar-refractivity contribution < 1.29 is 13.6 Å². The maximum absolute atomic E-state index is 13.6. The molecule has 1 aliphatic rings. The van der Waals surface area contributed by atoms with Crippen LogP contribution in [-0.4, -0.2) is 29.5 Å². The number of halogens is 3. The predicted molar refractivity (Wildman–Crippen MR) is 106 cm³/mol. The van der Waals surface area contributed by atoms with Crippen LogP contribution in [0.25, 0.3) is 10.8 Å². The highest BCUT2D eigenvalue weighted by molar-refractivity contribution is 6.35. The summed E-state index contributed by atoms with van der Waals surface area (Å²) in [4.78, 5) is 25.5. The predicted octanol–water partition coefficient (Wildman–Crippen LogP) is 3.73. The zero-order valence-corrected chi connectivity index (χ0v) is 16.4. The first-order valence-electron chi connectivity index (χ1n) is 9.43. The van der Waals surface area contributed by atoms with Gasteiger partial charge in [-0.05, 0) is 43.9 Å². The van der Waals surface area contributed by atoms with E-state index in [9.17, 15) is 18.4 Å². The van der Waals surface area contributed by atoms with Gasteiger partial charge in [0.25, 0.3) is 11.5 Å². The minimum atomic E-state index is -2.67. The Balaban J connectivity index is 1.87. The molecule has 0 spiro atoms. The van der Waals surface area contributed by atoms with Crippen molar-refractivity contribution in [1.29, 1.82) is 0 Å². The summed E-state index contributed by atoms with van der Waals surface area (Å²) in [5.74, 6) is -3.41. The maximum atomic E-state index is 13.6. The lowest BCUT2D eigenvalue weighted by atomic mass is 9.86. The van der Waals surface area contributed by atoms with Gasteiger partial charge >= 0.3 is 0 Å². The molecule has 5 nitrogen and oxygen atoms in total. The number of rotatable bonds is 5. The van der Waals surface area contributed by atoms with E-state index in [1.54, 1.807) is 18.3 Å². The van der Waals surface area contributed by atoms with Crippen LogP contribution in [0.5, 0.6) is 0 Å². The summed E-state index contributed by atoms with van der Waals surface area (Å²) in [6.07, 6.45) is 2.37. The number of pyridine rings is 1. The van der Waals surface area contributed by atoms with Crippen molar-refractivity contribution in [1.82, 2.24) is 9.88 Å². The Morgan fingerprint density at radius 1 is 1.39 bits per heavy atom. The zero-order valence-electron chi connectivity index (χ0n) is 15.7. The fraction of sp³-hybridized carbons (Fsp3) is 0.500. The van der Waals surface area contributed by atoms with Gasteiger partial charge in [-0.2, -0.15) is 0 Å². The van der Waals surface area contributed by atoms with Crippen LogP contribution in [0.2, 0.25) is 5.02 Å². The van der Waals surface area contributed by atoms with Gasteiger partial charge in [0.2, 0.25) is 5.92 Å². The smallest absolute Gasteiger partial charge is 0.258 e. The minimum absolute atomic E-state index is 0.0971. The minimum Gasteiger partial charge on any atom is -0.352 e. The second-order valence-corrected chi connectivity index (χ2v) is 7.93. The molecule has 1 aliphatic carbocycles. The Morgan fingerprint density at radius 2 is 2.14 bits per heavy atom. The van der Waals surface area contributed by atoms with E-state index in [0.717, 1.165) is 0 Å². The number of alkyl halides is 2. The van der Waals surface area contributed by atoms with Gasteiger partial charge in [-0.25, -0.2) is 8.78 Å². The van der Waals surface area contributed by atoms with Crippen LogP contribution in [0.1, 0.15) is 49.0 Å². The average molecular weight is 412 g/mol. The highest BCUT2D eigenvalue weighted by atomic mass is 35.5. The van der Waals surface area contributed by atoms with E-state index in [1.807, 2.05) is 6.92 Å². The molecule has 1 amide bonds. The number of carbonyl (C=O) groups is 1. The third-order valence-corrected chi connectivity index (χ3v) is 5.71. The quantitative estimate of drug-likeness (QED) is 0.787. The first-order valence-corrected chi connectivity index (χ1v) is 9.81. The molecule has 3 rings (SSSR count). The van der Waals surface area contributed by atoms with Crippen LogP contribution in [0.15, 0.2) is 29.2 Å². The number of hydrogen-bond acceptors (Lipinski definition) is 3. The first kappa shape index (κ1) is 20.7. The Hall–Kier alpha value is -1.99. The molecule has 0 aliphatic heterocycles. The lowest BCUT2D eigenvalue weighted by Gasteiger charge is -2.29. The molecule has 0 saturated heterocycles. The molecule has 0 radical (unpaired) electrons. The maximum Gasteiger partial charge on any atom is 0.258 e. The Morgan fingerprint density at radius 3 is 2.82 bits per heavy atom. The Labute approximate surface area is 166 Å². The molecule has 1 saturated carbocycles. The van der Waals surface area contributed by atoms with Crippen molar-refractivity contribution in [2.45, 2.75) is 44.6 Å². The molecular weight excluding hydrogens is 388 g/mol. The fourth-order valence-corrected chi connectivity index (χ4v) is 4.03. The summed E-state index contributed by atoms with van der Waals surface area (Å²) < 4.78 is 28.7. The normalized spacial score (nSPS) is 20.1. The summed E-state index contributed by atoms with van der Waals surface area (Å²) in [5, 5.41) is 3.73. The number of nitrogens with one attached hydrogen (secondary N) is 1. The molecule has 1 aromatic carbocycles. The van der Waals surface area contributed by atoms with Crippen LogP contribution in [0.4, 0.5) is 8.78 Å². The van der Waals surface area contributed by atoms with Crippen LogP contribution in [0, 0.1) is 5.92 Å². The number of aromatic nitrogens is 1. The van der Waals surface area contributed by atoms with Crippen molar-refractivity contribution in [3.63, 3.8) is 0 Å². The summed E-state index contributed by atoms with van der Waals surface area (Å²) in [5.41, 5.74) is 5.58. The highest BCUT2D eigenvalue weighted by Gasteiger charge is 2.36. The van der Waals surface area contributed by atoms with Crippen LogP contribution >= 0.6 is 11.6 Å².